The van der Waals surface area contributed by atoms with Gasteiger partial charge in [0.25, 0.3) is 5.91 Å². The summed E-state index contributed by atoms with van der Waals surface area (Å²) in [5.74, 6) is -0.284. The van der Waals surface area contributed by atoms with Crippen LogP contribution in [0.1, 0.15) is 12.0 Å². The van der Waals surface area contributed by atoms with Crippen molar-refractivity contribution in [3.63, 3.8) is 0 Å². The summed E-state index contributed by atoms with van der Waals surface area (Å²) >= 11 is 0. The molecule has 2 heterocycles. The standard InChI is InChI=1S/C16H15N3O2/c20-15-9-14(18-11-12-5-4-8-17-10-12)16(21)19(15)13-6-2-1-3-7-13/h1-8,10,14,18H,9,11H2/p+1/t14-/m0/s1. The summed E-state index contributed by atoms with van der Waals surface area (Å²) < 4.78 is 0. The van der Waals surface area contributed by atoms with E-state index in [0.29, 0.717) is 12.2 Å². The lowest BCUT2D eigenvalue weighted by molar-refractivity contribution is -0.690. The van der Waals surface area contributed by atoms with Crippen LogP contribution in [0.2, 0.25) is 0 Å². The second-order valence-corrected chi connectivity index (χ2v) is 5.01. The molecule has 2 aromatic rings. The van der Waals surface area contributed by atoms with E-state index in [4.69, 9.17) is 0 Å². The van der Waals surface area contributed by atoms with Crippen LogP contribution in [0.15, 0.2) is 54.9 Å². The Bertz CT molecular complexity index is 643. The average molecular weight is 282 g/mol. The normalized spacial score (nSPS) is 18.3. The lowest BCUT2D eigenvalue weighted by Gasteiger charge is -2.13. The van der Waals surface area contributed by atoms with E-state index in [0.717, 1.165) is 5.56 Å². The van der Waals surface area contributed by atoms with Gasteiger partial charge in [-0.15, -0.1) is 0 Å². The maximum Gasteiger partial charge on any atom is 0.292 e. The third kappa shape index (κ3) is 2.83. The van der Waals surface area contributed by atoms with Crippen molar-refractivity contribution in [2.24, 2.45) is 0 Å². The number of hydrogen-bond donors (Lipinski definition) is 1. The number of anilines is 1. The number of carbonyl (C=O) groups is 2. The summed E-state index contributed by atoms with van der Waals surface area (Å²) in [6.07, 6.45) is 3.73. The van der Waals surface area contributed by atoms with Gasteiger partial charge in [-0.05, 0) is 18.2 Å². The van der Waals surface area contributed by atoms with Gasteiger partial charge in [0, 0.05) is 18.0 Å². The molecule has 0 unspecified atom stereocenters. The maximum absolute atomic E-state index is 12.4. The minimum absolute atomic E-state index is 0.140. The molecule has 1 aromatic heterocycles. The molecule has 3 rings (SSSR count). The van der Waals surface area contributed by atoms with Crippen LogP contribution >= 0.6 is 0 Å². The van der Waals surface area contributed by atoms with Gasteiger partial charge < -0.3 is 5.32 Å². The summed E-state index contributed by atoms with van der Waals surface area (Å²) in [6, 6.07) is 12.5. The zero-order valence-electron chi connectivity index (χ0n) is 11.5. The monoisotopic (exact) mass is 282 g/mol. The van der Waals surface area contributed by atoms with Gasteiger partial charge in [-0.1, -0.05) is 24.3 Å². The van der Waals surface area contributed by atoms with Crippen molar-refractivity contribution in [3.05, 3.63) is 60.4 Å². The van der Waals surface area contributed by atoms with Crippen molar-refractivity contribution in [1.29, 1.82) is 0 Å². The van der Waals surface area contributed by atoms with Crippen molar-refractivity contribution >= 4 is 17.5 Å². The third-order valence-electron chi connectivity index (χ3n) is 3.56. The van der Waals surface area contributed by atoms with Gasteiger partial charge in [0.2, 0.25) is 5.91 Å². The first-order valence-corrected chi connectivity index (χ1v) is 6.90. The molecular formula is C16H16N3O2+. The highest BCUT2D eigenvalue weighted by atomic mass is 16.2. The first-order chi connectivity index (χ1) is 10.3. The molecule has 0 aliphatic carbocycles. The van der Waals surface area contributed by atoms with Crippen LogP contribution < -0.4 is 10.2 Å². The Morgan fingerprint density at radius 1 is 1.14 bits per heavy atom. The fraction of sp³-hybridized carbons (Fsp3) is 0.188. The number of rotatable bonds is 4. The van der Waals surface area contributed by atoms with E-state index < -0.39 is 0 Å². The fourth-order valence-electron chi connectivity index (χ4n) is 2.49. The number of nitrogens with two attached hydrogens (primary N) is 1. The molecule has 2 amide bonds. The van der Waals surface area contributed by atoms with Crippen molar-refractivity contribution in [2.45, 2.75) is 19.0 Å². The molecule has 0 radical (unpaired) electrons. The zero-order chi connectivity index (χ0) is 14.7. The predicted octanol–water partition coefficient (Wildman–Crippen LogP) is 0.477. The van der Waals surface area contributed by atoms with E-state index in [1.807, 2.05) is 35.6 Å². The van der Waals surface area contributed by atoms with E-state index in [2.05, 4.69) is 4.98 Å². The van der Waals surface area contributed by atoms with Crippen molar-refractivity contribution < 1.29 is 14.9 Å². The van der Waals surface area contributed by atoms with Gasteiger partial charge in [-0.3, -0.25) is 14.6 Å². The number of carbonyl (C=O) groups excluding carboxylic acids is 2. The molecule has 1 atom stereocenters. The van der Waals surface area contributed by atoms with Crippen LogP contribution in [0.5, 0.6) is 0 Å². The first kappa shape index (κ1) is 13.5. The molecule has 1 aliphatic rings. The van der Waals surface area contributed by atoms with Crippen molar-refractivity contribution in [3.8, 4) is 0 Å². The Labute approximate surface area is 122 Å². The molecule has 1 aliphatic heterocycles. The summed E-state index contributed by atoms with van der Waals surface area (Å²) in [7, 11) is 0. The van der Waals surface area contributed by atoms with Gasteiger partial charge in [-0.25, -0.2) is 4.90 Å². The smallest absolute Gasteiger partial charge is 0.292 e. The van der Waals surface area contributed by atoms with Gasteiger partial charge in [0.1, 0.15) is 6.54 Å². The number of benzene rings is 1. The molecule has 0 bridgehead atoms. The molecule has 5 nitrogen and oxygen atoms in total. The van der Waals surface area contributed by atoms with Crippen LogP contribution in [0.25, 0.3) is 0 Å². The second kappa shape index (κ2) is 5.85. The molecule has 2 N–H and O–H groups in total. The molecule has 0 saturated carbocycles. The van der Waals surface area contributed by atoms with E-state index in [-0.39, 0.29) is 24.3 Å². The number of aromatic nitrogens is 1. The van der Waals surface area contributed by atoms with E-state index in [1.165, 1.54) is 4.90 Å². The molecule has 21 heavy (non-hydrogen) atoms. The number of para-hydroxylation sites is 1. The molecule has 5 heteroatoms. The Morgan fingerprint density at radius 2 is 1.95 bits per heavy atom. The number of quaternary nitrogens is 1. The Morgan fingerprint density at radius 3 is 2.67 bits per heavy atom. The number of pyridine rings is 1. The lowest BCUT2D eigenvalue weighted by atomic mass is 10.2. The van der Waals surface area contributed by atoms with Gasteiger partial charge in [-0.2, -0.15) is 0 Å². The van der Waals surface area contributed by atoms with E-state index >= 15 is 0 Å². The van der Waals surface area contributed by atoms with Crippen LogP contribution in [-0.4, -0.2) is 22.8 Å². The zero-order valence-corrected chi connectivity index (χ0v) is 11.5. The number of imide groups is 1. The molecule has 1 saturated heterocycles. The van der Waals surface area contributed by atoms with Crippen molar-refractivity contribution in [2.75, 3.05) is 4.90 Å². The quantitative estimate of drug-likeness (QED) is 0.829. The predicted molar refractivity (Wildman–Crippen MR) is 77.2 cm³/mol. The van der Waals surface area contributed by atoms with Crippen LogP contribution in [0.3, 0.4) is 0 Å². The maximum atomic E-state index is 12.4. The minimum atomic E-state index is -0.349. The van der Waals surface area contributed by atoms with E-state index in [9.17, 15) is 9.59 Å². The Hall–Kier alpha value is -2.53. The number of hydrogen-bond acceptors (Lipinski definition) is 3. The van der Waals surface area contributed by atoms with Crippen molar-refractivity contribution in [1.82, 2.24) is 4.98 Å². The Balaban J connectivity index is 1.69. The lowest BCUT2D eigenvalue weighted by Crippen LogP contribution is -2.90. The highest BCUT2D eigenvalue weighted by Crippen LogP contribution is 2.20. The SMILES string of the molecule is O=C1C[C@H]([NH2+]Cc2cccnc2)C(=O)N1c1ccccc1. The topological polar surface area (TPSA) is 66.9 Å². The van der Waals surface area contributed by atoms with Crippen LogP contribution in [0.4, 0.5) is 5.69 Å². The Kier molecular flexibility index (Phi) is 3.75. The van der Waals surface area contributed by atoms with Gasteiger partial charge in [0.15, 0.2) is 6.04 Å². The summed E-state index contributed by atoms with van der Waals surface area (Å²) in [5, 5.41) is 1.90. The van der Waals surface area contributed by atoms with Crippen LogP contribution in [-0.2, 0) is 16.1 Å². The fourth-order valence-corrected chi connectivity index (χ4v) is 2.49. The highest BCUT2D eigenvalue weighted by Gasteiger charge is 2.41. The van der Waals surface area contributed by atoms with Crippen LogP contribution in [0, 0.1) is 0 Å². The third-order valence-corrected chi connectivity index (χ3v) is 3.56. The molecule has 0 spiro atoms. The number of nitrogens with zero attached hydrogens (tertiary/aromatic N) is 2. The molecule has 1 aromatic carbocycles. The average Bonchev–Trinajstić information content (AvgIpc) is 2.81. The first-order valence-electron chi connectivity index (χ1n) is 6.90. The summed E-state index contributed by atoms with van der Waals surface area (Å²) in [4.78, 5) is 29.8. The summed E-state index contributed by atoms with van der Waals surface area (Å²) in [6.45, 7) is 0.639. The largest absolute Gasteiger partial charge is 0.332 e. The highest BCUT2D eigenvalue weighted by molar-refractivity contribution is 6.21. The van der Waals surface area contributed by atoms with Gasteiger partial charge in [0.05, 0.1) is 12.1 Å². The molecular weight excluding hydrogens is 266 g/mol. The second-order valence-electron chi connectivity index (χ2n) is 5.01. The number of amides is 2. The summed E-state index contributed by atoms with van der Waals surface area (Å²) in [5.41, 5.74) is 1.68. The molecule has 1 fully saturated rings. The molecule has 106 valence electrons. The van der Waals surface area contributed by atoms with Gasteiger partial charge >= 0.3 is 0 Å². The van der Waals surface area contributed by atoms with E-state index in [1.54, 1.807) is 24.5 Å². The minimum Gasteiger partial charge on any atom is -0.332 e.